The number of amides is 2. The Bertz CT molecular complexity index is 1300. The van der Waals surface area contributed by atoms with Crippen molar-refractivity contribution in [3.8, 4) is 0 Å². The van der Waals surface area contributed by atoms with Gasteiger partial charge in [-0.05, 0) is 43.7 Å². The number of fused-ring (bicyclic) bond motifs is 3. The maximum absolute atomic E-state index is 14.1. The Labute approximate surface area is 233 Å². The molecule has 8 nitrogen and oxygen atoms in total. The lowest BCUT2D eigenvalue weighted by Gasteiger charge is -2.43. The second kappa shape index (κ2) is 10.8. The first-order valence-corrected chi connectivity index (χ1v) is 13.8. The molecule has 0 aliphatic carbocycles. The number of nitrogens with one attached hydrogen (secondary N) is 2. The molecule has 0 fully saturated rings. The van der Waals surface area contributed by atoms with Crippen LogP contribution in [0.3, 0.4) is 0 Å². The molecule has 214 valence electrons. The third-order valence-corrected chi connectivity index (χ3v) is 8.43. The molecule has 1 aliphatic rings. The van der Waals surface area contributed by atoms with Gasteiger partial charge in [0.1, 0.15) is 12.6 Å². The van der Waals surface area contributed by atoms with Crippen molar-refractivity contribution in [2.24, 2.45) is 18.4 Å². The predicted octanol–water partition coefficient (Wildman–Crippen LogP) is 2.90. The number of carboxylic acid groups (broad SMARTS) is 1. The van der Waals surface area contributed by atoms with Crippen molar-refractivity contribution in [3.63, 3.8) is 0 Å². The molecule has 1 aromatic carbocycles. The number of aliphatic carboxylic acids is 1. The van der Waals surface area contributed by atoms with E-state index < -0.39 is 34.9 Å². The van der Waals surface area contributed by atoms with Gasteiger partial charge in [0.05, 0.1) is 24.2 Å². The number of rotatable bonds is 7. The van der Waals surface area contributed by atoms with E-state index in [9.17, 15) is 19.5 Å². The van der Waals surface area contributed by atoms with E-state index in [0.29, 0.717) is 6.54 Å². The van der Waals surface area contributed by atoms with Crippen LogP contribution in [0.4, 0.5) is 0 Å². The van der Waals surface area contributed by atoms with Gasteiger partial charge in [0, 0.05) is 30.6 Å². The Hall–Kier alpha value is -3.13. The first kappa shape index (κ1) is 30.4. The van der Waals surface area contributed by atoms with E-state index >= 15 is 0 Å². The van der Waals surface area contributed by atoms with Crippen molar-refractivity contribution in [1.82, 2.24) is 14.8 Å². The van der Waals surface area contributed by atoms with Gasteiger partial charge in [0.2, 0.25) is 5.91 Å². The molecular weight excluding hydrogens is 492 g/mol. The molecule has 0 spiro atoms. The second-order valence-electron chi connectivity index (χ2n) is 13.2. The minimum absolute atomic E-state index is 0.0118. The molecule has 0 radical (unpaired) electrons. The second-order valence-corrected chi connectivity index (χ2v) is 13.2. The van der Waals surface area contributed by atoms with E-state index in [-0.39, 0.29) is 23.3 Å². The lowest BCUT2D eigenvalue weighted by atomic mass is 9.72. The molecule has 2 amide bonds. The van der Waals surface area contributed by atoms with E-state index in [1.54, 1.807) is 18.0 Å². The average Bonchev–Trinajstić information content (AvgIpc) is 3.11. The third-order valence-electron chi connectivity index (χ3n) is 8.43. The highest BCUT2D eigenvalue weighted by molar-refractivity contribution is 5.93. The van der Waals surface area contributed by atoms with Crippen LogP contribution in [0, 0.1) is 11.3 Å². The summed E-state index contributed by atoms with van der Waals surface area (Å²) in [6.07, 6.45) is 1.62. The highest BCUT2D eigenvalue weighted by Gasteiger charge is 2.51. The van der Waals surface area contributed by atoms with E-state index in [1.165, 1.54) is 18.2 Å². The summed E-state index contributed by atoms with van der Waals surface area (Å²) in [6.45, 7) is 16.2. The Morgan fingerprint density at radius 2 is 1.79 bits per heavy atom. The zero-order chi connectivity index (χ0) is 29.6. The van der Waals surface area contributed by atoms with Gasteiger partial charge < -0.3 is 24.8 Å². The summed E-state index contributed by atoms with van der Waals surface area (Å²) >= 11 is 0. The monoisotopic (exact) mass is 539 g/mol. The van der Waals surface area contributed by atoms with Gasteiger partial charge in [-0.3, -0.25) is 9.59 Å². The van der Waals surface area contributed by atoms with Gasteiger partial charge in [-0.15, -0.1) is 0 Å². The van der Waals surface area contributed by atoms with E-state index in [0.717, 1.165) is 15.8 Å². The molecule has 2 heterocycles. The van der Waals surface area contributed by atoms with Crippen LogP contribution in [-0.4, -0.2) is 64.6 Å². The van der Waals surface area contributed by atoms with Gasteiger partial charge in [-0.1, -0.05) is 58.9 Å². The van der Waals surface area contributed by atoms with Gasteiger partial charge >= 0.3 is 5.97 Å². The number of aryl methyl sites for hydroxylation is 1. The molecule has 1 aliphatic heterocycles. The van der Waals surface area contributed by atoms with Crippen LogP contribution in [-0.2, 0) is 33.4 Å². The first-order valence-electron chi connectivity index (χ1n) is 13.8. The molecule has 3 N–H and O–H groups in total. The molecule has 0 saturated heterocycles. The topological polar surface area (TPSA) is 96.1 Å². The van der Waals surface area contributed by atoms with Crippen molar-refractivity contribution >= 4 is 28.7 Å². The normalized spacial score (nSPS) is 20.9. The minimum atomic E-state index is -1.01. The van der Waals surface area contributed by atoms with Gasteiger partial charge in [0.15, 0.2) is 6.04 Å². The summed E-state index contributed by atoms with van der Waals surface area (Å²) in [6, 6.07) is 6.70. The minimum Gasteiger partial charge on any atom is -0.478 e. The molecule has 39 heavy (non-hydrogen) atoms. The van der Waals surface area contributed by atoms with Crippen LogP contribution in [0.5, 0.6) is 0 Å². The number of nitrogens with zero attached hydrogens (tertiary/aromatic N) is 2. The number of benzene rings is 1. The Morgan fingerprint density at radius 1 is 1.21 bits per heavy atom. The quantitative estimate of drug-likeness (QED) is 0.472. The summed E-state index contributed by atoms with van der Waals surface area (Å²) in [5.74, 6) is -1.42. The Morgan fingerprint density at radius 3 is 2.33 bits per heavy atom. The summed E-state index contributed by atoms with van der Waals surface area (Å²) in [7, 11) is 5.81. The standard InChI is InChI=1S/C31H46N4O4/c1-18(2)22(16-19(3)29(38)39)35(11)28(37)25(30(4,5)6)32-27(36)26-31(7,8)24-20-14-12-13-15-21(20)34(10)23(24)17-33(26)9/h12-16,18,22,25-26H,17H2,1-11H3,(H,32,36)(H,38,39)/p+1/b19-16+/t22-,25-,26-/m1/s1. The number of hydrogen-bond acceptors (Lipinski definition) is 3. The third kappa shape index (κ3) is 5.62. The summed E-state index contributed by atoms with van der Waals surface area (Å²) < 4.78 is 2.24. The largest absolute Gasteiger partial charge is 0.478 e. The summed E-state index contributed by atoms with van der Waals surface area (Å²) in [5.41, 5.74) is 2.71. The molecule has 0 bridgehead atoms. The fraction of sp³-hybridized carbons (Fsp3) is 0.581. The zero-order valence-electron chi connectivity index (χ0n) is 25.5. The molecule has 8 heteroatoms. The summed E-state index contributed by atoms with van der Waals surface area (Å²) in [5, 5.41) is 13.7. The lowest BCUT2D eigenvalue weighted by molar-refractivity contribution is -0.917. The first-order chi connectivity index (χ1) is 17.9. The molecule has 2 aromatic rings. The number of para-hydroxylation sites is 1. The van der Waals surface area contributed by atoms with Crippen LogP contribution in [0.1, 0.15) is 66.6 Å². The Kier molecular flexibility index (Phi) is 8.42. The number of quaternary nitrogens is 1. The van der Waals surface area contributed by atoms with Gasteiger partial charge in [-0.25, -0.2) is 4.79 Å². The van der Waals surface area contributed by atoms with E-state index in [4.69, 9.17) is 0 Å². The molecule has 1 aromatic heterocycles. The molecule has 1 unspecified atom stereocenters. The van der Waals surface area contributed by atoms with Crippen LogP contribution in [0.2, 0.25) is 0 Å². The Balaban J connectivity index is 1.98. The molecule has 4 atom stereocenters. The fourth-order valence-corrected chi connectivity index (χ4v) is 6.35. The highest BCUT2D eigenvalue weighted by Crippen LogP contribution is 2.39. The summed E-state index contributed by atoms with van der Waals surface area (Å²) in [4.78, 5) is 42.2. The fourth-order valence-electron chi connectivity index (χ4n) is 6.35. The molecule has 3 rings (SSSR count). The number of aromatic nitrogens is 1. The van der Waals surface area contributed by atoms with Crippen LogP contribution in [0.15, 0.2) is 35.9 Å². The van der Waals surface area contributed by atoms with Crippen molar-refractivity contribution in [2.75, 3.05) is 14.1 Å². The van der Waals surface area contributed by atoms with E-state index in [1.807, 2.05) is 53.8 Å². The van der Waals surface area contributed by atoms with Crippen LogP contribution >= 0.6 is 0 Å². The highest BCUT2D eigenvalue weighted by atomic mass is 16.4. The SMILES string of the molecule is C/C(=C\[C@H](C(C)C)N(C)C(=O)[C@@H](NC(=O)[C@H]1[NH+](C)Cc2c(c3ccccc3n2C)C1(C)C)C(C)(C)C)C(=O)O. The van der Waals surface area contributed by atoms with E-state index in [2.05, 4.69) is 42.9 Å². The number of hydrogen-bond donors (Lipinski definition) is 3. The zero-order valence-corrected chi connectivity index (χ0v) is 25.5. The molecular formula is C31H47N4O4+. The number of carbonyl (C=O) groups excluding carboxylic acids is 2. The number of carboxylic acids is 1. The van der Waals surface area contributed by atoms with Crippen molar-refractivity contribution < 1.29 is 24.4 Å². The van der Waals surface area contributed by atoms with Gasteiger partial charge in [-0.2, -0.15) is 0 Å². The maximum atomic E-state index is 14.1. The number of likely N-dealkylation sites (N-methyl/N-ethyl adjacent to an activating group) is 2. The van der Waals surface area contributed by atoms with Gasteiger partial charge in [0.25, 0.3) is 5.91 Å². The van der Waals surface area contributed by atoms with Crippen LogP contribution in [0.25, 0.3) is 10.9 Å². The average molecular weight is 540 g/mol. The van der Waals surface area contributed by atoms with Crippen LogP contribution < -0.4 is 10.2 Å². The predicted molar refractivity (Wildman–Crippen MR) is 154 cm³/mol. The maximum Gasteiger partial charge on any atom is 0.331 e. The van der Waals surface area contributed by atoms with Crippen molar-refractivity contribution in [2.45, 2.75) is 85.5 Å². The molecule has 0 saturated carbocycles. The lowest BCUT2D eigenvalue weighted by Crippen LogP contribution is -3.16. The van der Waals surface area contributed by atoms with Crippen molar-refractivity contribution in [3.05, 3.63) is 47.2 Å². The smallest absolute Gasteiger partial charge is 0.331 e. The number of carbonyl (C=O) groups is 3. The van der Waals surface area contributed by atoms with Crippen molar-refractivity contribution in [1.29, 1.82) is 0 Å².